The van der Waals surface area contributed by atoms with Crippen LogP contribution in [0.1, 0.15) is 10.4 Å². The molecule has 1 N–H and O–H groups in total. The summed E-state index contributed by atoms with van der Waals surface area (Å²) in [6.07, 6.45) is 0. The fourth-order valence-electron chi connectivity index (χ4n) is 1.01. The molecule has 6 heteroatoms. The van der Waals surface area contributed by atoms with Crippen LogP contribution in [-0.4, -0.2) is 19.6 Å². The van der Waals surface area contributed by atoms with Gasteiger partial charge in [0.1, 0.15) is 5.75 Å². The maximum Gasteiger partial charge on any atom is 0.387 e. The van der Waals surface area contributed by atoms with Crippen molar-refractivity contribution in [2.75, 3.05) is 7.05 Å². The Bertz CT molecular complexity index is 371. The van der Waals surface area contributed by atoms with E-state index in [4.69, 9.17) is 0 Å². The number of carbonyl (C=O) groups is 1. The largest absolute Gasteiger partial charge is 0.435 e. The average molecular weight is 280 g/mol. The maximum absolute atomic E-state index is 11.9. The Morgan fingerprint density at radius 2 is 2.13 bits per heavy atom. The quantitative estimate of drug-likeness (QED) is 0.923. The molecule has 1 aromatic rings. The van der Waals surface area contributed by atoms with Crippen molar-refractivity contribution < 1.29 is 18.3 Å². The highest BCUT2D eigenvalue weighted by atomic mass is 79.9. The molecule has 1 rings (SSSR count). The Morgan fingerprint density at radius 3 is 2.67 bits per heavy atom. The van der Waals surface area contributed by atoms with Gasteiger partial charge in [0.05, 0.1) is 0 Å². The molecule has 0 aliphatic rings. The summed E-state index contributed by atoms with van der Waals surface area (Å²) in [5, 5.41) is 2.39. The molecule has 1 amide bonds. The van der Waals surface area contributed by atoms with Gasteiger partial charge in [-0.25, -0.2) is 0 Å². The third-order valence-electron chi connectivity index (χ3n) is 1.59. The predicted molar refractivity (Wildman–Crippen MR) is 54.2 cm³/mol. The second-order valence-electron chi connectivity index (χ2n) is 2.63. The van der Waals surface area contributed by atoms with E-state index < -0.39 is 6.61 Å². The molecule has 0 heterocycles. The average Bonchev–Trinajstić information content (AvgIpc) is 2.14. The van der Waals surface area contributed by atoms with Gasteiger partial charge in [0.2, 0.25) is 0 Å². The number of nitrogens with one attached hydrogen (secondary N) is 1. The minimum absolute atomic E-state index is 0.0574. The van der Waals surface area contributed by atoms with Gasteiger partial charge in [0, 0.05) is 17.1 Å². The summed E-state index contributed by atoms with van der Waals surface area (Å²) in [6.45, 7) is -2.91. The molecule has 82 valence electrons. The first-order valence-corrected chi connectivity index (χ1v) is 4.79. The Labute approximate surface area is 93.5 Å². The summed E-state index contributed by atoms with van der Waals surface area (Å²) in [4.78, 5) is 11.2. The van der Waals surface area contributed by atoms with Crippen molar-refractivity contribution in [2.45, 2.75) is 6.61 Å². The van der Waals surface area contributed by atoms with E-state index >= 15 is 0 Å². The van der Waals surface area contributed by atoms with Gasteiger partial charge in [-0.1, -0.05) is 15.9 Å². The van der Waals surface area contributed by atoms with Crippen LogP contribution in [-0.2, 0) is 0 Å². The van der Waals surface area contributed by atoms with Crippen molar-refractivity contribution in [1.29, 1.82) is 0 Å². The molecule has 0 bridgehead atoms. The number of rotatable bonds is 3. The van der Waals surface area contributed by atoms with E-state index in [1.165, 1.54) is 25.2 Å². The maximum atomic E-state index is 11.9. The first kappa shape index (κ1) is 11.9. The zero-order valence-electron chi connectivity index (χ0n) is 7.76. The van der Waals surface area contributed by atoms with Gasteiger partial charge < -0.3 is 10.1 Å². The number of hydrogen-bond donors (Lipinski definition) is 1. The fraction of sp³-hybridized carbons (Fsp3) is 0.222. The van der Waals surface area contributed by atoms with Gasteiger partial charge in [-0.3, -0.25) is 4.79 Å². The molecular formula is C9H8BrF2NO2. The molecule has 1 aromatic carbocycles. The van der Waals surface area contributed by atoms with Gasteiger partial charge in [0.25, 0.3) is 5.91 Å². The van der Waals surface area contributed by atoms with E-state index in [0.717, 1.165) is 0 Å². The number of hydrogen-bond acceptors (Lipinski definition) is 2. The number of halogens is 3. The smallest absolute Gasteiger partial charge is 0.387 e. The first-order chi connectivity index (χ1) is 7.02. The molecule has 15 heavy (non-hydrogen) atoms. The highest BCUT2D eigenvalue weighted by Crippen LogP contribution is 2.22. The Kier molecular flexibility index (Phi) is 4.02. The van der Waals surface area contributed by atoms with Crippen LogP contribution in [0.3, 0.4) is 0 Å². The first-order valence-electron chi connectivity index (χ1n) is 4.00. The monoisotopic (exact) mass is 279 g/mol. The van der Waals surface area contributed by atoms with Crippen molar-refractivity contribution >= 4 is 21.8 Å². The topological polar surface area (TPSA) is 38.3 Å². The standard InChI is InChI=1S/C9H8BrF2NO2/c1-13-8(14)5-2-6(10)4-7(3-5)15-9(11)12/h2-4,9H,1H3,(H,13,14). The number of alkyl halides is 2. The van der Waals surface area contributed by atoms with Crippen LogP contribution in [0, 0.1) is 0 Å². The summed E-state index contributed by atoms with van der Waals surface area (Å²) in [5.74, 6) is -0.423. The molecule has 0 saturated carbocycles. The van der Waals surface area contributed by atoms with Crippen molar-refractivity contribution in [2.24, 2.45) is 0 Å². The van der Waals surface area contributed by atoms with Crippen LogP contribution < -0.4 is 10.1 Å². The van der Waals surface area contributed by atoms with Crippen molar-refractivity contribution in [1.82, 2.24) is 5.32 Å². The highest BCUT2D eigenvalue weighted by molar-refractivity contribution is 9.10. The number of amides is 1. The molecule has 0 aliphatic heterocycles. The lowest BCUT2D eigenvalue weighted by Gasteiger charge is -2.07. The summed E-state index contributed by atoms with van der Waals surface area (Å²) in [6, 6.07) is 4.12. The molecule has 0 fully saturated rings. The van der Waals surface area contributed by atoms with Crippen LogP contribution in [0.25, 0.3) is 0 Å². The highest BCUT2D eigenvalue weighted by Gasteiger charge is 2.10. The summed E-state index contributed by atoms with van der Waals surface area (Å²) in [5.41, 5.74) is 0.252. The predicted octanol–water partition coefficient (Wildman–Crippen LogP) is 2.41. The van der Waals surface area contributed by atoms with Crippen molar-refractivity contribution in [3.8, 4) is 5.75 Å². The van der Waals surface area contributed by atoms with E-state index in [2.05, 4.69) is 26.0 Å². The third-order valence-corrected chi connectivity index (χ3v) is 2.04. The minimum Gasteiger partial charge on any atom is -0.435 e. The van der Waals surface area contributed by atoms with Gasteiger partial charge >= 0.3 is 6.61 Å². The van der Waals surface area contributed by atoms with Crippen molar-refractivity contribution in [3.63, 3.8) is 0 Å². The lowest BCUT2D eigenvalue weighted by molar-refractivity contribution is -0.0499. The van der Waals surface area contributed by atoms with E-state index in [1.54, 1.807) is 0 Å². The Hall–Kier alpha value is -1.17. The molecule has 0 unspecified atom stereocenters. The summed E-state index contributed by atoms with van der Waals surface area (Å²) in [7, 11) is 1.46. The zero-order valence-corrected chi connectivity index (χ0v) is 9.35. The fourth-order valence-corrected chi connectivity index (χ4v) is 1.48. The normalized spacial score (nSPS) is 10.2. The van der Waals surface area contributed by atoms with Gasteiger partial charge in [-0.2, -0.15) is 8.78 Å². The summed E-state index contributed by atoms with van der Waals surface area (Å²) < 4.78 is 28.5. The van der Waals surface area contributed by atoms with Crippen LogP contribution in [0.15, 0.2) is 22.7 Å². The number of carbonyl (C=O) groups excluding carboxylic acids is 1. The second kappa shape index (κ2) is 5.06. The second-order valence-corrected chi connectivity index (χ2v) is 3.55. The zero-order chi connectivity index (χ0) is 11.4. The number of benzene rings is 1. The van der Waals surface area contributed by atoms with Crippen molar-refractivity contribution in [3.05, 3.63) is 28.2 Å². The third kappa shape index (κ3) is 3.47. The van der Waals surface area contributed by atoms with E-state index in [0.29, 0.717) is 4.47 Å². The molecule has 0 saturated heterocycles. The Balaban J connectivity index is 2.99. The van der Waals surface area contributed by atoms with E-state index in [9.17, 15) is 13.6 Å². The van der Waals surface area contributed by atoms with Crippen LogP contribution in [0.4, 0.5) is 8.78 Å². The van der Waals surface area contributed by atoms with E-state index in [1.807, 2.05) is 0 Å². The minimum atomic E-state index is -2.91. The lowest BCUT2D eigenvalue weighted by Crippen LogP contribution is -2.17. The molecular weight excluding hydrogens is 272 g/mol. The van der Waals surface area contributed by atoms with E-state index in [-0.39, 0.29) is 17.2 Å². The molecule has 3 nitrogen and oxygen atoms in total. The molecule has 0 spiro atoms. The van der Waals surface area contributed by atoms with Crippen LogP contribution in [0.5, 0.6) is 5.75 Å². The SMILES string of the molecule is CNC(=O)c1cc(Br)cc(OC(F)F)c1. The van der Waals surface area contributed by atoms with Gasteiger partial charge in [-0.05, 0) is 18.2 Å². The van der Waals surface area contributed by atoms with Crippen LogP contribution in [0.2, 0.25) is 0 Å². The molecule has 0 atom stereocenters. The molecule has 0 aliphatic carbocycles. The Morgan fingerprint density at radius 1 is 1.47 bits per heavy atom. The van der Waals surface area contributed by atoms with Crippen LogP contribution >= 0.6 is 15.9 Å². The summed E-state index contributed by atoms with van der Waals surface area (Å²) >= 11 is 3.10. The van der Waals surface area contributed by atoms with Gasteiger partial charge in [0.15, 0.2) is 0 Å². The lowest BCUT2D eigenvalue weighted by atomic mass is 10.2. The van der Waals surface area contributed by atoms with Gasteiger partial charge in [-0.15, -0.1) is 0 Å². The number of ether oxygens (including phenoxy) is 1. The molecule has 0 aromatic heterocycles. The molecule has 0 radical (unpaired) electrons.